The minimum absolute atomic E-state index is 0.720. The van der Waals surface area contributed by atoms with Crippen LogP contribution in [0.3, 0.4) is 0 Å². The molecule has 1 atom stereocenters. The maximum atomic E-state index is 5.26. The Morgan fingerprint density at radius 2 is 2.24 bits per heavy atom. The normalized spacial score (nSPS) is 26.1. The monoisotopic (exact) mass is 238 g/mol. The first-order valence-electron chi connectivity index (χ1n) is 6.89. The van der Waals surface area contributed by atoms with Crippen LogP contribution in [0.25, 0.3) is 0 Å². The summed E-state index contributed by atoms with van der Waals surface area (Å²) in [5, 5.41) is 3.53. The van der Waals surface area contributed by atoms with Crippen molar-refractivity contribution >= 4 is 0 Å². The molecule has 2 aliphatic rings. The summed E-state index contributed by atoms with van der Waals surface area (Å²) in [6.45, 7) is 9.54. The molecule has 0 aromatic carbocycles. The number of nitrogens with one attached hydrogen (secondary N) is 1. The van der Waals surface area contributed by atoms with E-state index in [1.54, 1.807) is 7.11 Å². The van der Waals surface area contributed by atoms with Gasteiger partial charge in [0.05, 0.1) is 6.61 Å². The van der Waals surface area contributed by atoms with Gasteiger partial charge in [0.25, 0.3) is 0 Å². The van der Waals surface area contributed by atoms with Crippen LogP contribution in [0.1, 0.15) is 25.7 Å². The zero-order chi connectivity index (χ0) is 12.1. The van der Waals surface area contributed by atoms with Crippen LogP contribution < -0.4 is 5.32 Å². The minimum Gasteiger partial charge on any atom is -0.384 e. The van der Waals surface area contributed by atoms with Crippen molar-refractivity contribution in [2.24, 2.45) is 5.92 Å². The van der Waals surface area contributed by atoms with Crippen LogP contribution in [0.2, 0.25) is 0 Å². The van der Waals surface area contributed by atoms with Gasteiger partial charge in [-0.2, -0.15) is 0 Å². The topological polar surface area (TPSA) is 24.5 Å². The van der Waals surface area contributed by atoms with Gasteiger partial charge in [0.2, 0.25) is 0 Å². The highest BCUT2D eigenvalue weighted by Crippen LogP contribution is 2.19. The lowest BCUT2D eigenvalue weighted by Crippen LogP contribution is -2.39. The maximum absolute atomic E-state index is 5.26. The van der Waals surface area contributed by atoms with Crippen LogP contribution in [0.4, 0.5) is 0 Å². The molecule has 0 radical (unpaired) electrons. The van der Waals surface area contributed by atoms with Crippen molar-refractivity contribution in [3.8, 4) is 0 Å². The number of methoxy groups -OCH3 is 1. The van der Waals surface area contributed by atoms with E-state index in [4.69, 9.17) is 4.74 Å². The smallest absolute Gasteiger partial charge is 0.0502 e. The molecule has 98 valence electrons. The SMILES string of the molecule is C=C(CNC1CC1)CN1CCCC(COC)C1. The number of hydrogen-bond donors (Lipinski definition) is 1. The summed E-state index contributed by atoms with van der Waals surface area (Å²) in [5.41, 5.74) is 1.33. The second kappa shape index (κ2) is 6.53. The van der Waals surface area contributed by atoms with Gasteiger partial charge in [-0.25, -0.2) is 0 Å². The van der Waals surface area contributed by atoms with Crippen LogP contribution in [-0.2, 0) is 4.74 Å². The zero-order valence-electron chi connectivity index (χ0n) is 11.1. The van der Waals surface area contributed by atoms with Crippen LogP contribution in [0.15, 0.2) is 12.2 Å². The zero-order valence-corrected chi connectivity index (χ0v) is 11.1. The molecule has 0 aromatic rings. The summed E-state index contributed by atoms with van der Waals surface area (Å²) in [4.78, 5) is 2.53. The molecule has 0 spiro atoms. The average Bonchev–Trinajstić information content (AvgIpc) is 3.11. The molecule has 0 amide bonds. The lowest BCUT2D eigenvalue weighted by molar-refractivity contribution is 0.0947. The van der Waals surface area contributed by atoms with Gasteiger partial charge in [-0.15, -0.1) is 0 Å². The van der Waals surface area contributed by atoms with E-state index in [0.29, 0.717) is 0 Å². The molecule has 1 N–H and O–H groups in total. The summed E-state index contributed by atoms with van der Waals surface area (Å²) in [7, 11) is 1.80. The number of piperidine rings is 1. The number of nitrogens with zero attached hydrogens (tertiary/aromatic N) is 1. The molecule has 2 rings (SSSR count). The molecule has 0 aromatic heterocycles. The Morgan fingerprint density at radius 3 is 2.94 bits per heavy atom. The molecule has 1 unspecified atom stereocenters. The summed E-state index contributed by atoms with van der Waals surface area (Å²) in [6, 6.07) is 0.786. The Bertz CT molecular complexity index is 249. The van der Waals surface area contributed by atoms with Gasteiger partial charge in [-0.1, -0.05) is 6.58 Å². The first-order valence-corrected chi connectivity index (χ1v) is 6.89. The predicted molar refractivity (Wildman–Crippen MR) is 71.2 cm³/mol. The van der Waals surface area contributed by atoms with E-state index in [-0.39, 0.29) is 0 Å². The van der Waals surface area contributed by atoms with Crippen molar-refractivity contribution in [2.75, 3.05) is 39.9 Å². The highest BCUT2D eigenvalue weighted by atomic mass is 16.5. The molecule has 1 aliphatic heterocycles. The van der Waals surface area contributed by atoms with Gasteiger partial charge in [-0.05, 0) is 43.7 Å². The summed E-state index contributed by atoms with van der Waals surface area (Å²) >= 11 is 0. The van der Waals surface area contributed by atoms with Crippen molar-refractivity contribution in [2.45, 2.75) is 31.7 Å². The molecule has 2 fully saturated rings. The molecule has 3 heteroatoms. The average molecular weight is 238 g/mol. The minimum atomic E-state index is 0.720. The Hall–Kier alpha value is -0.380. The van der Waals surface area contributed by atoms with E-state index >= 15 is 0 Å². The van der Waals surface area contributed by atoms with Crippen LogP contribution in [0.5, 0.6) is 0 Å². The first-order chi connectivity index (χ1) is 8.28. The molecule has 3 nitrogen and oxygen atoms in total. The molecule has 1 aliphatic carbocycles. The van der Waals surface area contributed by atoms with Crippen molar-refractivity contribution in [3.63, 3.8) is 0 Å². The maximum Gasteiger partial charge on any atom is 0.0502 e. The Labute approximate surface area is 105 Å². The van der Waals surface area contributed by atoms with Gasteiger partial charge < -0.3 is 10.1 Å². The molecule has 0 bridgehead atoms. The fourth-order valence-electron chi connectivity index (χ4n) is 2.61. The molecule has 17 heavy (non-hydrogen) atoms. The highest BCUT2D eigenvalue weighted by Gasteiger charge is 2.22. The van der Waals surface area contributed by atoms with E-state index in [0.717, 1.165) is 31.7 Å². The molecule has 1 saturated heterocycles. The van der Waals surface area contributed by atoms with E-state index in [1.807, 2.05) is 0 Å². The standard InChI is InChI=1S/C14H26N2O/c1-12(8-15-14-5-6-14)9-16-7-3-4-13(10-16)11-17-2/h13-15H,1,3-11H2,2H3. The van der Waals surface area contributed by atoms with Crippen molar-refractivity contribution in [3.05, 3.63) is 12.2 Å². The summed E-state index contributed by atoms with van der Waals surface area (Å²) in [5.74, 6) is 0.720. The predicted octanol–water partition coefficient (Wildman–Crippen LogP) is 1.65. The molecular weight excluding hydrogens is 212 g/mol. The van der Waals surface area contributed by atoms with Crippen LogP contribution in [-0.4, -0.2) is 50.8 Å². The molecule has 1 heterocycles. The third-order valence-electron chi connectivity index (χ3n) is 3.67. The highest BCUT2D eigenvalue weighted by molar-refractivity contribution is 5.02. The van der Waals surface area contributed by atoms with Crippen molar-refractivity contribution in [1.29, 1.82) is 0 Å². The van der Waals surface area contributed by atoms with E-state index in [1.165, 1.54) is 44.3 Å². The lowest BCUT2D eigenvalue weighted by Gasteiger charge is -2.32. The second-order valence-corrected chi connectivity index (χ2v) is 5.60. The Balaban J connectivity index is 1.64. The fourth-order valence-corrected chi connectivity index (χ4v) is 2.61. The Morgan fingerprint density at radius 1 is 1.41 bits per heavy atom. The third-order valence-corrected chi connectivity index (χ3v) is 3.67. The summed E-state index contributed by atoms with van der Waals surface area (Å²) in [6.07, 6.45) is 5.33. The second-order valence-electron chi connectivity index (χ2n) is 5.60. The molecular formula is C14H26N2O. The van der Waals surface area contributed by atoms with Gasteiger partial charge >= 0.3 is 0 Å². The van der Waals surface area contributed by atoms with Gasteiger partial charge in [0.1, 0.15) is 0 Å². The van der Waals surface area contributed by atoms with Crippen LogP contribution in [0, 0.1) is 5.92 Å². The first kappa shape index (κ1) is 13.1. The number of ether oxygens (including phenoxy) is 1. The lowest BCUT2D eigenvalue weighted by atomic mass is 9.98. The van der Waals surface area contributed by atoms with Gasteiger partial charge in [0.15, 0.2) is 0 Å². The van der Waals surface area contributed by atoms with E-state index in [2.05, 4.69) is 16.8 Å². The largest absolute Gasteiger partial charge is 0.384 e. The number of likely N-dealkylation sites (tertiary alicyclic amines) is 1. The Kier molecular flexibility index (Phi) is 5.01. The number of hydrogen-bond acceptors (Lipinski definition) is 3. The van der Waals surface area contributed by atoms with Gasteiger partial charge in [0, 0.05) is 32.8 Å². The van der Waals surface area contributed by atoms with Crippen LogP contribution >= 0.6 is 0 Å². The number of rotatable bonds is 7. The van der Waals surface area contributed by atoms with Crippen molar-refractivity contribution < 1.29 is 4.74 Å². The summed E-state index contributed by atoms with van der Waals surface area (Å²) < 4.78 is 5.26. The molecule has 1 saturated carbocycles. The van der Waals surface area contributed by atoms with Crippen molar-refractivity contribution in [1.82, 2.24) is 10.2 Å². The fraction of sp³-hybridized carbons (Fsp3) is 0.857. The van der Waals surface area contributed by atoms with Gasteiger partial charge in [-0.3, -0.25) is 4.90 Å². The van der Waals surface area contributed by atoms with E-state index < -0.39 is 0 Å². The van der Waals surface area contributed by atoms with E-state index in [9.17, 15) is 0 Å². The third kappa shape index (κ3) is 4.78. The quantitative estimate of drug-likeness (QED) is 0.683.